The molecular weight excluding hydrogens is 242 g/mol. The summed E-state index contributed by atoms with van der Waals surface area (Å²) in [5.41, 5.74) is 2.35. The normalized spacial score (nSPS) is 12.4. The molecule has 0 aliphatic heterocycles. The van der Waals surface area contributed by atoms with Gasteiger partial charge in [-0.05, 0) is 55.3 Å². The van der Waals surface area contributed by atoms with Crippen molar-refractivity contribution in [2.75, 3.05) is 5.32 Å². The quantitative estimate of drug-likeness (QED) is 0.841. The Labute approximate surface area is 113 Å². The van der Waals surface area contributed by atoms with E-state index >= 15 is 0 Å². The van der Waals surface area contributed by atoms with Gasteiger partial charge in [0, 0.05) is 6.04 Å². The highest BCUT2D eigenvalue weighted by Gasteiger charge is 2.09. The molecule has 1 aromatic carbocycles. The number of hydrogen-bond donors (Lipinski definition) is 1. The average Bonchev–Trinajstić information content (AvgIpc) is 2.84. The SMILES string of the molecule is CC(C)Oc1ccccc1NC(C)c1ccsc1. The standard InChI is InChI=1S/C15H19NOS/c1-11(2)17-15-7-5-4-6-14(15)16-12(3)13-8-9-18-10-13/h4-12,16H,1-3H3. The Morgan fingerprint density at radius 3 is 2.56 bits per heavy atom. The van der Waals surface area contributed by atoms with Crippen molar-refractivity contribution < 1.29 is 4.74 Å². The summed E-state index contributed by atoms with van der Waals surface area (Å²) in [6, 6.07) is 10.5. The summed E-state index contributed by atoms with van der Waals surface area (Å²) < 4.78 is 5.80. The molecule has 1 atom stereocenters. The van der Waals surface area contributed by atoms with Crippen molar-refractivity contribution in [1.82, 2.24) is 0 Å². The van der Waals surface area contributed by atoms with E-state index in [1.807, 2.05) is 32.0 Å². The van der Waals surface area contributed by atoms with Crippen molar-refractivity contribution in [2.24, 2.45) is 0 Å². The summed E-state index contributed by atoms with van der Waals surface area (Å²) in [6.45, 7) is 6.24. The molecule has 0 aliphatic rings. The van der Waals surface area contributed by atoms with Crippen molar-refractivity contribution in [3.8, 4) is 5.75 Å². The molecule has 0 aliphatic carbocycles. The zero-order valence-electron chi connectivity index (χ0n) is 11.0. The first-order valence-electron chi connectivity index (χ1n) is 6.21. The fourth-order valence-corrected chi connectivity index (χ4v) is 2.53. The van der Waals surface area contributed by atoms with E-state index in [2.05, 4.69) is 35.1 Å². The predicted molar refractivity (Wildman–Crippen MR) is 78.6 cm³/mol. The van der Waals surface area contributed by atoms with E-state index in [-0.39, 0.29) is 12.1 Å². The number of thiophene rings is 1. The number of hydrogen-bond acceptors (Lipinski definition) is 3. The Balaban J connectivity index is 2.13. The molecule has 0 bridgehead atoms. The van der Waals surface area contributed by atoms with Gasteiger partial charge in [0.1, 0.15) is 5.75 Å². The monoisotopic (exact) mass is 261 g/mol. The van der Waals surface area contributed by atoms with Crippen LogP contribution in [0, 0.1) is 0 Å². The van der Waals surface area contributed by atoms with E-state index in [1.165, 1.54) is 5.56 Å². The number of rotatable bonds is 5. The van der Waals surface area contributed by atoms with Crippen LogP contribution in [0.5, 0.6) is 5.75 Å². The maximum Gasteiger partial charge on any atom is 0.142 e. The summed E-state index contributed by atoms with van der Waals surface area (Å²) in [6.07, 6.45) is 0.185. The van der Waals surface area contributed by atoms with Crippen LogP contribution in [0.25, 0.3) is 0 Å². The van der Waals surface area contributed by atoms with Gasteiger partial charge in [-0.2, -0.15) is 11.3 Å². The number of anilines is 1. The van der Waals surface area contributed by atoms with Gasteiger partial charge in [-0.1, -0.05) is 12.1 Å². The second-order valence-corrected chi connectivity index (χ2v) is 5.37. The molecule has 0 saturated heterocycles. The molecular formula is C15H19NOS. The summed E-state index contributed by atoms with van der Waals surface area (Å²) in [5, 5.41) is 7.77. The van der Waals surface area contributed by atoms with Crippen LogP contribution in [0.2, 0.25) is 0 Å². The van der Waals surface area contributed by atoms with Gasteiger partial charge in [0.05, 0.1) is 11.8 Å². The molecule has 1 unspecified atom stereocenters. The van der Waals surface area contributed by atoms with Crippen LogP contribution < -0.4 is 10.1 Å². The largest absolute Gasteiger partial charge is 0.489 e. The van der Waals surface area contributed by atoms with Crippen LogP contribution in [0.15, 0.2) is 41.1 Å². The minimum Gasteiger partial charge on any atom is -0.489 e. The van der Waals surface area contributed by atoms with Crippen molar-refractivity contribution in [3.05, 3.63) is 46.7 Å². The van der Waals surface area contributed by atoms with Crippen LogP contribution in [-0.4, -0.2) is 6.10 Å². The Hall–Kier alpha value is -1.48. The summed E-state index contributed by atoms with van der Waals surface area (Å²) in [7, 11) is 0. The van der Waals surface area contributed by atoms with Gasteiger partial charge in [0.25, 0.3) is 0 Å². The topological polar surface area (TPSA) is 21.3 Å². The van der Waals surface area contributed by atoms with Crippen molar-refractivity contribution >= 4 is 17.0 Å². The van der Waals surface area contributed by atoms with Crippen LogP contribution in [0.1, 0.15) is 32.4 Å². The zero-order valence-corrected chi connectivity index (χ0v) is 11.8. The van der Waals surface area contributed by atoms with Crippen molar-refractivity contribution in [1.29, 1.82) is 0 Å². The van der Waals surface area contributed by atoms with Gasteiger partial charge >= 0.3 is 0 Å². The van der Waals surface area contributed by atoms with Gasteiger partial charge in [-0.3, -0.25) is 0 Å². The lowest BCUT2D eigenvalue weighted by molar-refractivity contribution is 0.243. The number of ether oxygens (including phenoxy) is 1. The highest BCUT2D eigenvalue weighted by molar-refractivity contribution is 7.07. The second kappa shape index (κ2) is 5.91. The van der Waals surface area contributed by atoms with Gasteiger partial charge in [0.2, 0.25) is 0 Å². The number of para-hydroxylation sites is 2. The van der Waals surface area contributed by atoms with Crippen LogP contribution >= 0.6 is 11.3 Å². The lowest BCUT2D eigenvalue weighted by atomic mass is 10.1. The first-order valence-corrected chi connectivity index (χ1v) is 7.15. The molecule has 96 valence electrons. The molecule has 2 aromatic rings. The maximum atomic E-state index is 5.80. The van der Waals surface area contributed by atoms with Crippen molar-refractivity contribution in [2.45, 2.75) is 32.9 Å². The van der Waals surface area contributed by atoms with Crippen LogP contribution in [-0.2, 0) is 0 Å². The third kappa shape index (κ3) is 3.26. The van der Waals surface area contributed by atoms with Gasteiger partial charge in [0.15, 0.2) is 0 Å². The summed E-state index contributed by atoms with van der Waals surface area (Å²) >= 11 is 1.72. The van der Waals surface area contributed by atoms with Gasteiger partial charge in [-0.25, -0.2) is 0 Å². The molecule has 0 saturated carbocycles. The Morgan fingerprint density at radius 1 is 1.11 bits per heavy atom. The highest BCUT2D eigenvalue weighted by atomic mass is 32.1. The van der Waals surface area contributed by atoms with E-state index in [0.717, 1.165) is 11.4 Å². The lowest BCUT2D eigenvalue weighted by Gasteiger charge is -2.19. The minimum absolute atomic E-state index is 0.185. The van der Waals surface area contributed by atoms with Crippen molar-refractivity contribution in [3.63, 3.8) is 0 Å². The molecule has 18 heavy (non-hydrogen) atoms. The Kier molecular flexibility index (Phi) is 4.26. The molecule has 0 spiro atoms. The molecule has 1 aromatic heterocycles. The fourth-order valence-electron chi connectivity index (χ4n) is 1.78. The van der Waals surface area contributed by atoms with E-state index in [4.69, 9.17) is 4.74 Å². The Bertz CT molecular complexity index is 479. The number of benzene rings is 1. The molecule has 0 radical (unpaired) electrons. The number of nitrogens with one attached hydrogen (secondary N) is 1. The first-order chi connectivity index (χ1) is 8.66. The van der Waals surface area contributed by atoms with Crippen LogP contribution in [0.4, 0.5) is 5.69 Å². The summed E-state index contributed by atoms with van der Waals surface area (Å²) in [5.74, 6) is 0.912. The lowest BCUT2D eigenvalue weighted by Crippen LogP contribution is -2.10. The second-order valence-electron chi connectivity index (χ2n) is 4.59. The smallest absolute Gasteiger partial charge is 0.142 e. The van der Waals surface area contributed by atoms with E-state index in [1.54, 1.807) is 11.3 Å². The maximum absolute atomic E-state index is 5.80. The molecule has 0 fully saturated rings. The van der Waals surface area contributed by atoms with E-state index in [0.29, 0.717) is 0 Å². The third-order valence-electron chi connectivity index (χ3n) is 2.66. The molecule has 0 amide bonds. The molecule has 2 nitrogen and oxygen atoms in total. The minimum atomic E-state index is 0.185. The average molecular weight is 261 g/mol. The van der Waals surface area contributed by atoms with Crippen LogP contribution in [0.3, 0.4) is 0 Å². The zero-order chi connectivity index (χ0) is 13.0. The predicted octanol–water partition coefficient (Wildman–Crippen LogP) is 4.71. The van der Waals surface area contributed by atoms with E-state index in [9.17, 15) is 0 Å². The molecule has 2 rings (SSSR count). The van der Waals surface area contributed by atoms with Gasteiger partial charge in [-0.15, -0.1) is 0 Å². The first kappa shape index (κ1) is 13.0. The third-order valence-corrected chi connectivity index (χ3v) is 3.37. The molecule has 1 N–H and O–H groups in total. The van der Waals surface area contributed by atoms with E-state index < -0.39 is 0 Å². The summed E-state index contributed by atoms with van der Waals surface area (Å²) in [4.78, 5) is 0. The molecule has 1 heterocycles. The highest BCUT2D eigenvalue weighted by Crippen LogP contribution is 2.29. The van der Waals surface area contributed by atoms with Gasteiger partial charge < -0.3 is 10.1 Å². The fraction of sp³-hybridized carbons (Fsp3) is 0.333. The molecule has 3 heteroatoms. The Morgan fingerprint density at radius 2 is 1.89 bits per heavy atom.